The number of rotatable bonds is 10. The fraction of sp³-hybridized carbons (Fsp3) is 0.682. The fourth-order valence-corrected chi connectivity index (χ4v) is 3.55. The Labute approximate surface area is 199 Å². The largest absolute Gasteiger partial charge is 0.497 e. The van der Waals surface area contributed by atoms with Crippen LogP contribution in [0.15, 0.2) is 23.2 Å². The van der Waals surface area contributed by atoms with Gasteiger partial charge in [-0.25, -0.2) is 4.99 Å². The molecule has 0 aliphatic carbocycles. The van der Waals surface area contributed by atoms with Crippen LogP contribution in [0.2, 0.25) is 0 Å². The summed E-state index contributed by atoms with van der Waals surface area (Å²) in [5, 5.41) is 6.90. The van der Waals surface area contributed by atoms with Crippen molar-refractivity contribution in [2.75, 3.05) is 53.6 Å². The standard InChI is InChI=1S/C22H38N4O3.HI/c1-6-23-22(24-15-18-7-8-20(27-4)14-21(18)28-5)25-16-19(13-17(2)3)26-9-11-29-12-10-26;/h7-8,14,17,19H,6,9-13,15-16H2,1-5H3,(H2,23,24,25);1H. The third-order valence-electron chi connectivity index (χ3n) is 5.06. The highest BCUT2D eigenvalue weighted by Gasteiger charge is 2.22. The average molecular weight is 534 g/mol. The molecule has 2 rings (SSSR count). The molecule has 1 atom stereocenters. The van der Waals surface area contributed by atoms with Gasteiger partial charge in [0.05, 0.1) is 34.0 Å². The van der Waals surface area contributed by atoms with Crippen LogP contribution in [0.5, 0.6) is 11.5 Å². The average Bonchev–Trinajstić information content (AvgIpc) is 2.74. The van der Waals surface area contributed by atoms with Gasteiger partial charge in [-0.1, -0.05) is 13.8 Å². The zero-order chi connectivity index (χ0) is 21.1. The van der Waals surface area contributed by atoms with Crippen LogP contribution < -0.4 is 20.1 Å². The van der Waals surface area contributed by atoms with E-state index in [-0.39, 0.29) is 24.0 Å². The molecule has 8 heteroatoms. The Balaban J connectivity index is 0.00000450. The van der Waals surface area contributed by atoms with Gasteiger partial charge >= 0.3 is 0 Å². The van der Waals surface area contributed by atoms with Crippen LogP contribution in [0.3, 0.4) is 0 Å². The molecule has 2 N–H and O–H groups in total. The number of halogens is 1. The Kier molecular flexibility index (Phi) is 13.1. The highest BCUT2D eigenvalue weighted by molar-refractivity contribution is 14.0. The molecule has 0 spiro atoms. The minimum Gasteiger partial charge on any atom is -0.497 e. The lowest BCUT2D eigenvalue weighted by Crippen LogP contribution is -2.51. The molecule has 1 aromatic carbocycles. The van der Waals surface area contributed by atoms with Crippen molar-refractivity contribution in [1.82, 2.24) is 15.5 Å². The van der Waals surface area contributed by atoms with Gasteiger partial charge in [-0.15, -0.1) is 24.0 Å². The van der Waals surface area contributed by atoms with Crippen LogP contribution in [-0.2, 0) is 11.3 Å². The molecule has 7 nitrogen and oxygen atoms in total. The van der Waals surface area contributed by atoms with Crippen molar-refractivity contribution >= 4 is 29.9 Å². The van der Waals surface area contributed by atoms with Crippen molar-refractivity contribution in [3.05, 3.63) is 23.8 Å². The van der Waals surface area contributed by atoms with Crippen LogP contribution in [0.4, 0.5) is 0 Å². The highest BCUT2D eigenvalue weighted by atomic mass is 127. The van der Waals surface area contributed by atoms with E-state index in [1.165, 1.54) is 0 Å². The first-order chi connectivity index (χ1) is 14.1. The van der Waals surface area contributed by atoms with E-state index in [0.29, 0.717) is 18.5 Å². The molecule has 1 saturated heterocycles. The molecule has 172 valence electrons. The molecule has 1 aliphatic rings. The molecule has 0 saturated carbocycles. The molecule has 0 bridgehead atoms. The minimum absolute atomic E-state index is 0. The molecule has 30 heavy (non-hydrogen) atoms. The van der Waals surface area contributed by atoms with Crippen molar-refractivity contribution in [2.24, 2.45) is 10.9 Å². The summed E-state index contributed by atoms with van der Waals surface area (Å²) in [5.41, 5.74) is 1.03. The first-order valence-corrected chi connectivity index (χ1v) is 10.6. The van der Waals surface area contributed by atoms with Gasteiger partial charge in [0.1, 0.15) is 11.5 Å². The molecule has 0 amide bonds. The molecule has 1 fully saturated rings. The van der Waals surface area contributed by atoms with Crippen LogP contribution in [0, 0.1) is 5.92 Å². The van der Waals surface area contributed by atoms with Crippen molar-refractivity contribution in [3.8, 4) is 11.5 Å². The number of nitrogens with one attached hydrogen (secondary N) is 2. The van der Waals surface area contributed by atoms with Crippen molar-refractivity contribution in [3.63, 3.8) is 0 Å². The summed E-state index contributed by atoms with van der Waals surface area (Å²) < 4.78 is 16.3. The van der Waals surface area contributed by atoms with Gasteiger partial charge in [-0.05, 0) is 31.4 Å². The summed E-state index contributed by atoms with van der Waals surface area (Å²) >= 11 is 0. The second-order valence-corrected chi connectivity index (χ2v) is 7.69. The first kappa shape index (κ1) is 26.8. The molecule has 1 unspecified atom stereocenters. The van der Waals surface area contributed by atoms with E-state index in [4.69, 9.17) is 19.2 Å². The Hall–Kier alpha value is -1.26. The summed E-state index contributed by atoms with van der Waals surface area (Å²) in [6.07, 6.45) is 1.15. The smallest absolute Gasteiger partial charge is 0.191 e. The first-order valence-electron chi connectivity index (χ1n) is 10.6. The van der Waals surface area contributed by atoms with Gasteiger partial charge in [0.15, 0.2) is 5.96 Å². The summed E-state index contributed by atoms with van der Waals surface area (Å²) in [6, 6.07) is 6.30. The highest BCUT2D eigenvalue weighted by Crippen LogP contribution is 2.25. The number of ether oxygens (including phenoxy) is 3. The number of hydrogen-bond acceptors (Lipinski definition) is 5. The van der Waals surface area contributed by atoms with E-state index in [1.807, 2.05) is 18.2 Å². The van der Waals surface area contributed by atoms with Crippen molar-refractivity contribution < 1.29 is 14.2 Å². The maximum atomic E-state index is 5.53. The van der Waals surface area contributed by atoms with E-state index < -0.39 is 0 Å². The minimum atomic E-state index is 0. The number of benzene rings is 1. The Morgan fingerprint density at radius 2 is 1.90 bits per heavy atom. The van der Waals surface area contributed by atoms with Crippen LogP contribution in [-0.4, -0.2) is 70.5 Å². The lowest BCUT2D eigenvalue weighted by molar-refractivity contribution is 0.0132. The lowest BCUT2D eigenvalue weighted by Gasteiger charge is -2.35. The van der Waals surface area contributed by atoms with Gasteiger partial charge < -0.3 is 24.8 Å². The SMILES string of the molecule is CCNC(=NCc1ccc(OC)cc1OC)NCC(CC(C)C)N1CCOCC1.I. The Morgan fingerprint density at radius 1 is 1.17 bits per heavy atom. The lowest BCUT2D eigenvalue weighted by atomic mass is 10.0. The third kappa shape index (κ3) is 8.85. The molecule has 0 radical (unpaired) electrons. The predicted octanol–water partition coefficient (Wildman–Crippen LogP) is 3.12. The maximum Gasteiger partial charge on any atom is 0.191 e. The third-order valence-corrected chi connectivity index (χ3v) is 5.06. The van der Waals surface area contributed by atoms with E-state index >= 15 is 0 Å². The quantitative estimate of drug-likeness (QED) is 0.273. The zero-order valence-electron chi connectivity index (χ0n) is 19.1. The van der Waals surface area contributed by atoms with Gasteiger partial charge in [0.2, 0.25) is 0 Å². The van der Waals surface area contributed by atoms with E-state index in [9.17, 15) is 0 Å². The Bertz CT molecular complexity index is 637. The fourth-order valence-electron chi connectivity index (χ4n) is 3.55. The molecular formula is C22H39IN4O3. The number of nitrogens with zero attached hydrogens (tertiary/aromatic N) is 2. The Morgan fingerprint density at radius 3 is 2.50 bits per heavy atom. The molecule has 0 aromatic heterocycles. The topological polar surface area (TPSA) is 67.4 Å². The molecule has 1 aliphatic heterocycles. The molecule has 1 aromatic rings. The molecular weight excluding hydrogens is 495 g/mol. The number of aliphatic imine (C=N–C) groups is 1. The number of hydrogen-bond donors (Lipinski definition) is 2. The summed E-state index contributed by atoms with van der Waals surface area (Å²) in [4.78, 5) is 7.31. The van der Waals surface area contributed by atoms with Crippen LogP contribution in [0.1, 0.15) is 32.8 Å². The van der Waals surface area contributed by atoms with E-state index in [2.05, 4.69) is 36.3 Å². The van der Waals surface area contributed by atoms with E-state index in [0.717, 1.165) is 68.8 Å². The number of methoxy groups -OCH3 is 2. The summed E-state index contributed by atoms with van der Waals surface area (Å²) in [5.74, 6) is 3.04. The number of morpholine rings is 1. The van der Waals surface area contributed by atoms with E-state index in [1.54, 1.807) is 14.2 Å². The zero-order valence-corrected chi connectivity index (χ0v) is 21.4. The normalized spacial score (nSPS) is 16.0. The van der Waals surface area contributed by atoms with Gasteiger partial charge in [0, 0.05) is 43.9 Å². The predicted molar refractivity (Wildman–Crippen MR) is 133 cm³/mol. The van der Waals surface area contributed by atoms with Crippen molar-refractivity contribution in [2.45, 2.75) is 39.8 Å². The number of guanidine groups is 1. The van der Waals surface area contributed by atoms with Crippen molar-refractivity contribution in [1.29, 1.82) is 0 Å². The van der Waals surface area contributed by atoms with Gasteiger partial charge in [-0.3, -0.25) is 4.90 Å². The summed E-state index contributed by atoms with van der Waals surface area (Å²) in [6.45, 7) is 12.5. The molecule has 1 heterocycles. The maximum absolute atomic E-state index is 5.53. The van der Waals surface area contributed by atoms with Gasteiger partial charge in [0.25, 0.3) is 0 Å². The second kappa shape index (κ2) is 14.7. The van der Waals surface area contributed by atoms with Gasteiger partial charge in [-0.2, -0.15) is 0 Å². The second-order valence-electron chi connectivity index (χ2n) is 7.69. The monoisotopic (exact) mass is 534 g/mol. The van der Waals surface area contributed by atoms with Crippen LogP contribution in [0.25, 0.3) is 0 Å². The summed E-state index contributed by atoms with van der Waals surface area (Å²) in [7, 11) is 3.33. The van der Waals surface area contributed by atoms with Crippen LogP contribution >= 0.6 is 24.0 Å².